The third-order valence-corrected chi connectivity index (χ3v) is 3.02. The van der Waals surface area contributed by atoms with Gasteiger partial charge < -0.3 is 16.4 Å². The molecule has 5 nitrogen and oxygen atoms in total. The highest BCUT2D eigenvalue weighted by Crippen LogP contribution is 2.25. The van der Waals surface area contributed by atoms with Gasteiger partial charge in [0.15, 0.2) is 5.13 Å². The summed E-state index contributed by atoms with van der Waals surface area (Å²) in [6.45, 7) is 0.870. The number of thiazole rings is 1. The summed E-state index contributed by atoms with van der Waals surface area (Å²) in [5.41, 5.74) is 5.43. The molecule has 1 aromatic rings. The van der Waals surface area contributed by atoms with Gasteiger partial charge in [-0.1, -0.05) is 11.3 Å². The molecule has 0 fully saturated rings. The van der Waals surface area contributed by atoms with E-state index in [9.17, 15) is 22.4 Å². The van der Waals surface area contributed by atoms with Crippen LogP contribution in [0.5, 0.6) is 0 Å². The number of nitrogens with one attached hydrogen (secondary N) is 2. The number of carbonyl (C=O) groups is 1. The zero-order valence-electron chi connectivity index (χ0n) is 9.84. The van der Waals surface area contributed by atoms with Gasteiger partial charge in [-0.05, 0) is 6.92 Å². The van der Waals surface area contributed by atoms with E-state index >= 15 is 0 Å². The Morgan fingerprint density at radius 3 is 2.68 bits per heavy atom. The number of anilines is 2. The predicted octanol–water partition coefficient (Wildman–Crippen LogP) is 1.79. The molecule has 0 radical (unpaired) electrons. The molecular weight excluding hydrogens is 288 g/mol. The predicted molar refractivity (Wildman–Crippen MR) is 64.0 cm³/mol. The van der Waals surface area contributed by atoms with Crippen molar-refractivity contribution in [1.29, 1.82) is 0 Å². The molecule has 108 valence electrons. The van der Waals surface area contributed by atoms with Crippen LogP contribution in [0.3, 0.4) is 0 Å². The van der Waals surface area contributed by atoms with Crippen LogP contribution < -0.4 is 16.4 Å². The van der Waals surface area contributed by atoms with Crippen LogP contribution in [0, 0.1) is 0 Å². The summed E-state index contributed by atoms with van der Waals surface area (Å²) in [5, 5.41) is 4.86. The Morgan fingerprint density at radius 2 is 2.16 bits per heavy atom. The summed E-state index contributed by atoms with van der Waals surface area (Å²) in [6.07, 6.45) is -3.84. The minimum atomic E-state index is -4.28. The number of nitrogens with zero attached hydrogens (tertiary/aromatic N) is 1. The van der Waals surface area contributed by atoms with E-state index < -0.39 is 24.8 Å². The van der Waals surface area contributed by atoms with E-state index in [4.69, 9.17) is 5.73 Å². The van der Waals surface area contributed by atoms with Gasteiger partial charge in [0.2, 0.25) is 0 Å². The first-order chi connectivity index (χ1) is 8.77. The van der Waals surface area contributed by atoms with E-state index in [2.05, 4.69) is 10.3 Å². The van der Waals surface area contributed by atoms with Crippen LogP contribution in [-0.4, -0.2) is 36.3 Å². The molecule has 19 heavy (non-hydrogen) atoms. The van der Waals surface area contributed by atoms with E-state index in [0.29, 0.717) is 11.7 Å². The highest BCUT2D eigenvalue weighted by molar-refractivity contribution is 7.18. The highest BCUT2D eigenvalue weighted by Gasteiger charge is 2.41. The molecule has 10 heteroatoms. The van der Waals surface area contributed by atoms with Crippen LogP contribution >= 0.6 is 11.3 Å². The van der Waals surface area contributed by atoms with Crippen molar-refractivity contribution < 1.29 is 22.4 Å². The standard InChI is InChI=1S/C9H12F4N4OS/c1-2-15-8-17-5(14)4(19-8)6(18)16-3-9(12,13)7(10)11/h7H,2-3,14H2,1H3,(H,15,17)(H,16,18). The molecule has 0 aliphatic rings. The van der Waals surface area contributed by atoms with Crippen molar-refractivity contribution >= 4 is 28.2 Å². The van der Waals surface area contributed by atoms with Crippen molar-refractivity contribution in [2.24, 2.45) is 0 Å². The molecule has 0 aromatic carbocycles. The van der Waals surface area contributed by atoms with Crippen LogP contribution in [0.15, 0.2) is 0 Å². The Morgan fingerprint density at radius 1 is 1.53 bits per heavy atom. The zero-order chi connectivity index (χ0) is 14.6. The molecule has 4 N–H and O–H groups in total. The van der Waals surface area contributed by atoms with Gasteiger partial charge in [-0.15, -0.1) is 0 Å². The van der Waals surface area contributed by atoms with Crippen LogP contribution in [-0.2, 0) is 0 Å². The monoisotopic (exact) mass is 300 g/mol. The first-order valence-corrected chi connectivity index (χ1v) is 6.04. The SMILES string of the molecule is CCNc1nc(N)c(C(=O)NCC(F)(F)C(F)F)s1. The molecule has 0 aliphatic carbocycles. The third-order valence-electron chi connectivity index (χ3n) is 1.99. The van der Waals surface area contributed by atoms with Gasteiger partial charge in [-0.3, -0.25) is 4.79 Å². The van der Waals surface area contributed by atoms with Crippen LogP contribution in [0.4, 0.5) is 28.5 Å². The molecule has 1 amide bonds. The molecular formula is C9H12F4N4OS. The summed E-state index contributed by atoms with van der Waals surface area (Å²) < 4.78 is 49.1. The second-order valence-corrected chi connectivity index (χ2v) is 4.51. The van der Waals surface area contributed by atoms with Crippen molar-refractivity contribution in [2.75, 3.05) is 24.1 Å². The quantitative estimate of drug-likeness (QED) is 0.700. The summed E-state index contributed by atoms with van der Waals surface area (Å²) in [4.78, 5) is 15.2. The third kappa shape index (κ3) is 3.94. The number of carbonyl (C=O) groups excluding carboxylic acids is 1. The smallest absolute Gasteiger partial charge is 0.324 e. The maximum Gasteiger partial charge on any atom is 0.324 e. The van der Waals surface area contributed by atoms with Gasteiger partial charge in [-0.2, -0.15) is 8.78 Å². The first-order valence-electron chi connectivity index (χ1n) is 5.22. The lowest BCUT2D eigenvalue weighted by Crippen LogP contribution is -2.41. The van der Waals surface area contributed by atoms with Gasteiger partial charge in [0.05, 0.1) is 6.54 Å². The number of aromatic nitrogens is 1. The van der Waals surface area contributed by atoms with Gasteiger partial charge in [0.1, 0.15) is 10.7 Å². The lowest BCUT2D eigenvalue weighted by Gasteiger charge is -2.15. The second kappa shape index (κ2) is 6.04. The van der Waals surface area contributed by atoms with Gasteiger partial charge >= 0.3 is 12.3 Å². The van der Waals surface area contributed by atoms with Gasteiger partial charge in [-0.25, -0.2) is 13.8 Å². The molecule has 1 heterocycles. The molecule has 1 rings (SSSR count). The molecule has 0 bridgehead atoms. The maximum atomic E-state index is 12.6. The number of amides is 1. The van der Waals surface area contributed by atoms with Crippen LogP contribution in [0.2, 0.25) is 0 Å². The average Bonchev–Trinajstić information content (AvgIpc) is 2.68. The van der Waals surface area contributed by atoms with Crippen molar-refractivity contribution in [3.05, 3.63) is 4.88 Å². The first kappa shape index (κ1) is 15.5. The Hall–Kier alpha value is -1.58. The van der Waals surface area contributed by atoms with Crippen molar-refractivity contribution in [1.82, 2.24) is 10.3 Å². The molecule has 1 aromatic heterocycles. The fourth-order valence-corrected chi connectivity index (χ4v) is 1.95. The number of rotatable bonds is 6. The minimum absolute atomic E-state index is 0.0963. The Kier molecular flexibility index (Phi) is 4.92. The van der Waals surface area contributed by atoms with Crippen molar-refractivity contribution in [2.45, 2.75) is 19.3 Å². The summed E-state index contributed by atoms with van der Waals surface area (Å²) in [6, 6.07) is 0. The van der Waals surface area contributed by atoms with Crippen molar-refractivity contribution in [3.63, 3.8) is 0 Å². The largest absolute Gasteiger partial charge is 0.382 e. The fourth-order valence-electron chi connectivity index (χ4n) is 1.08. The Labute approximate surface area is 110 Å². The maximum absolute atomic E-state index is 12.6. The van der Waals surface area contributed by atoms with Gasteiger partial charge in [0, 0.05) is 6.54 Å². The molecule has 0 aliphatic heterocycles. The normalized spacial score (nSPS) is 11.7. The topological polar surface area (TPSA) is 80.0 Å². The summed E-state index contributed by atoms with van der Waals surface area (Å²) in [5.74, 6) is -5.38. The lowest BCUT2D eigenvalue weighted by atomic mass is 10.3. The molecule has 0 unspecified atom stereocenters. The Balaban J connectivity index is 2.68. The zero-order valence-corrected chi connectivity index (χ0v) is 10.7. The van der Waals surface area contributed by atoms with Crippen LogP contribution in [0.25, 0.3) is 0 Å². The van der Waals surface area contributed by atoms with E-state index in [1.165, 1.54) is 0 Å². The highest BCUT2D eigenvalue weighted by atomic mass is 32.1. The number of hydrogen-bond donors (Lipinski definition) is 3. The van der Waals surface area contributed by atoms with E-state index in [0.717, 1.165) is 11.3 Å². The summed E-state index contributed by atoms with van der Waals surface area (Å²) in [7, 11) is 0. The molecule has 0 saturated carbocycles. The minimum Gasteiger partial charge on any atom is -0.382 e. The number of alkyl halides is 4. The number of hydrogen-bond acceptors (Lipinski definition) is 5. The number of halogens is 4. The molecule has 0 atom stereocenters. The Bertz CT molecular complexity index is 451. The number of nitrogen functional groups attached to an aromatic ring is 1. The number of nitrogens with two attached hydrogens (primary N) is 1. The van der Waals surface area contributed by atoms with E-state index in [-0.39, 0.29) is 10.7 Å². The fraction of sp³-hybridized carbons (Fsp3) is 0.556. The van der Waals surface area contributed by atoms with E-state index in [1.54, 1.807) is 12.2 Å². The molecule has 0 spiro atoms. The average molecular weight is 300 g/mol. The van der Waals surface area contributed by atoms with Gasteiger partial charge in [0.25, 0.3) is 5.91 Å². The summed E-state index contributed by atoms with van der Waals surface area (Å²) >= 11 is 0.859. The lowest BCUT2D eigenvalue weighted by molar-refractivity contribution is -0.123. The van der Waals surface area contributed by atoms with Crippen molar-refractivity contribution in [3.8, 4) is 0 Å². The molecule has 0 saturated heterocycles. The van der Waals surface area contributed by atoms with Crippen LogP contribution in [0.1, 0.15) is 16.6 Å². The van der Waals surface area contributed by atoms with E-state index in [1.807, 2.05) is 0 Å². The second-order valence-electron chi connectivity index (χ2n) is 3.51.